The minimum Gasteiger partial charge on any atom is -0.313 e. The van der Waals surface area contributed by atoms with E-state index in [-0.39, 0.29) is 5.25 Å². The van der Waals surface area contributed by atoms with Crippen LogP contribution in [0.25, 0.3) is 0 Å². The zero-order valence-corrected chi connectivity index (χ0v) is 9.82. The minimum absolute atomic E-state index is 0.285. The number of nitrogens with one attached hydrogen (secondary N) is 1. The van der Waals surface area contributed by atoms with E-state index >= 15 is 0 Å². The first-order valence-electron chi connectivity index (χ1n) is 4.80. The molecule has 0 amide bonds. The lowest BCUT2D eigenvalue weighted by Gasteiger charge is -2.15. The lowest BCUT2D eigenvalue weighted by atomic mass is 10.2. The smallest absolute Gasteiger partial charge is 0.151 e. The van der Waals surface area contributed by atoms with Gasteiger partial charge in [0.05, 0.1) is 5.25 Å². The third-order valence-corrected chi connectivity index (χ3v) is 3.83. The van der Waals surface area contributed by atoms with Crippen LogP contribution in [0.5, 0.6) is 0 Å². The summed E-state index contributed by atoms with van der Waals surface area (Å²) < 4.78 is 22.1. The van der Waals surface area contributed by atoms with Crippen molar-refractivity contribution in [1.82, 2.24) is 5.32 Å². The van der Waals surface area contributed by atoms with E-state index in [0.717, 1.165) is 12.8 Å². The van der Waals surface area contributed by atoms with Gasteiger partial charge in [0.25, 0.3) is 0 Å². The maximum Gasteiger partial charge on any atom is 0.151 e. The van der Waals surface area contributed by atoms with Crippen molar-refractivity contribution >= 4 is 9.84 Å². The van der Waals surface area contributed by atoms with E-state index < -0.39 is 9.84 Å². The zero-order chi connectivity index (χ0) is 10.5. The summed E-state index contributed by atoms with van der Waals surface area (Å²) in [6.45, 7) is 6.50. The van der Waals surface area contributed by atoms with Crippen LogP contribution in [0.3, 0.4) is 0 Å². The second-order valence-corrected chi connectivity index (χ2v) is 6.20. The largest absolute Gasteiger partial charge is 0.313 e. The first-order chi connectivity index (χ1) is 5.88. The molecule has 0 fully saturated rings. The van der Waals surface area contributed by atoms with E-state index in [1.54, 1.807) is 6.92 Å². The SMILES string of the molecule is CCCC(C)NCC(C)S(C)(=O)=O. The standard InChI is InChI=1S/C9H21NO2S/c1-5-6-8(2)10-7-9(3)13(4,11)12/h8-10H,5-7H2,1-4H3. The quantitative estimate of drug-likeness (QED) is 0.712. The maximum atomic E-state index is 11.1. The van der Waals surface area contributed by atoms with Crippen LogP contribution in [0, 0.1) is 0 Å². The molecule has 1 N–H and O–H groups in total. The van der Waals surface area contributed by atoms with Gasteiger partial charge in [-0.3, -0.25) is 0 Å². The molecule has 4 heteroatoms. The van der Waals surface area contributed by atoms with Crippen molar-refractivity contribution in [3.05, 3.63) is 0 Å². The Morgan fingerprint density at radius 1 is 1.31 bits per heavy atom. The van der Waals surface area contributed by atoms with Gasteiger partial charge in [0, 0.05) is 18.8 Å². The van der Waals surface area contributed by atoms with Gasteiger partial charge in [-0.15, -0.1) is 0 Å². The van der Waals surface area contributed by atoms with Gasteiger partial charge in [0.2, 0.25) is 0 Å². The van der Waals surface area contributed by atoms with E-state index in [1.807, 2.05) is 0 Å². The molecule has 0 aliphatic rings. The summed E-state index contributed by atoms with van der Waals surface area (Å²) in [5, 5.41) is 2.93. The van der Waals surface area contributed by atoms with Crippen LogP contribution in [0.1, 0.15) is 33.6 Å². The van der Waals surface area contributed by atoms with Gasteiger partial charge in [-0.25, -0.2) is 8.42 Å². The van der Waals surface area contributed by atoms with E-state index in [1.165, 1.54) is 6.26 Å². The summed E-state index contributed by atoms with van der Waals surface area (Å²) >= 11 is 0. The summed E-state index contributed by atoms with van der Waals surface area (Å²) in [7, 11) is -2.88. The number of rotatable bonds is 6. The van der Waals surface area contributed by atoms with Crippen LogP contribution in [-0.4, -0.2) is 32.5 Å². The molecule has 0 aliphatic heterocycles. The van der Waals surface area contributed by atoms with Crippen LogP contribution in [0.4, 0.5) is 0 Å². The zero-order valence-electron chi connectivity index (χ0n) is 9.00. The van der Waals surface area contributed by atoms with Crippen LogP contribution in [-0.2, 0) is 9.84 Å². The highest BCUT2D eigenvalue weighted by molar-refractivity contribution is 7.91. The lowest BCUT2D eigenvalue weighted by molar-refractivity contribution is 0.502. The summed E-state index contributed by atoms with van der Waals surface area (Å²) in [5.74, 6) is 0. The van der Waals surface area contributed by atoms with Gasteiger partial charge in [0.15, 0.2) is 9.84 Å². The molecule has 0 saturated carbocycles. The molecular weight excluding hydrogens is 186 g/mol. The molecule has 0 aromatic heterocycles. The fourth-order valence-corrected chi connectivity index (χ4v) is 1.45. The highest BCUT2D eigenvalue weighted by Crippen LogP contribution is 1.99. The van der Waals surface area contributed by atoms with Gasteiger partial charge in [-0.2, -0.15) is 0 Å². The molecule has 0 spiro atoms. The molecule has 80 valence electrons. The molecule has 13 heavy (non-hydrogen) atoms. The van der Waals surface area contributed by atoms with Crippen LogP contribution < -0.4 is 5.32 Å². The Labute approximate surface area is 81.8 Å². The van der Waals surface area contributed by atoms with Crippen molar-refractivity contribution in [2.75, 3.05) is 12.8 Å². The Kier molecular flexibility index (Phi) is 5.56. The van der Waals surface area contributed by atoms with Crippen LogP contribution >= 0.6 is 0 Å². The molecule has 0 aromatic rings. The Balaban J connectivity index is 3.77. The van der Waals surface area contributed by atoms with Gasteiger partial charge >= 0.3 is 0 Å². The number of hydrogen-bond acceptors (Lipinski definition) is 3. The number of sulfone groups is 1. The van der Waals surface area contributed by atoms with Gasteiger partial charge in [-0.1, -0.05) is 13.3 Å². The van der Waals surface area contributed by atoms with Gasteiger partial charge < -0.3 is 5.32 Å². The van der Waals surface area contributed by atoms with E-state index in [9.17, 15) is 8.42 Å². The number of hydrogen-bond donors (Lipinski definition) is 1. The summed E-state index contributed by atoms with van der Waals surface area (Å²) in [5.41, 5.74) is 0. The summed E-state index contributed by atoms with van der Waals surface area (Å²) in [6, 6.07) is 0.411. The topological polar surface area (TPSA) is 46.2 Å². The average molecular weight is 207 g/mol. The molecular formula is C9H21NO2S. The van der Waals surface area contributed by atoms with Crippen molar-refractivity contribution in [3.8, 4) is 0 Å². The van der Waals surface area contributed by atoms with Crippen molar-refractivity contribution in [2.45, 2.75) is 44.9 Å². The highest BCUT2D eigenvalue weighted by Gasteiger charge is 2.14. The summed E-state index contributed by atoms with van der Waals surface area (Å²) in [6.07, 6.45) is 3.50. The second-order valence-electron chi connectivity index (χ2n) is 3.74. The monoisotopic (exact) mass is 207 g/mol. The third-order valence-electron chi connectivity index (χ3n) is 2.21. The molecule has 2 atom stereocenters. The van der Waals surface area contributed by atoms with Crippen LogP contribution in [0.2, 0.25) is 0 Å². The Morgan fingerprint density at radius 3 is 2.23 bits per heavy atom. The van der Waals surface area contributed by atoms with E-state index in [2.05, 4.69) is 19.2 Å². The molecule has 0 saturated heterocycles. The van der Waals surface area contributed by atoms with E-state index in [4.69, 9.17) is 0 Å². The second kappa shape index (κ2) is 5.60. The van der Waals surface area contributed by atoms with Crippen molar-refractivity contribution in [3.63, 3.8) is 0 Å². The van der Waals surface area contributed by atoms with Gasteiger partial charge in [0.1, 0.15) is 0 Å². The highest BCUT2D eigenvalue weighted by atomic mass is 32.2. The molecule has 0 rings (SSSR count). The molecule has 0 aliphatic carbocycles. The fourth-order valence-electron chi connectivity index (χ4n) is 1.05. The van der Waals surface area contributed by atoms with Crippen molar-refractivity contribution < 1.29 is 8.42 Å². The first-order valence-corrected chi connectivity index (χ1v) is 6.75. The van der Waals surface area contributed by atoms with E-state index in [0.29, 0.717) is 12.6 Å². The predicted octanol–water partition coefficient (Wildman–Crippen LogP) is 1.20. The normalized spacial score (nSPS) is 16.9. The molecule has 2 unspecified atom stereocenters. The van der Waals surface area contributed by atoms with Crippen LogP contribution in [0.15, 0.2) is 0 Å². The van der Waals surface area contributed by atoms with Crippen molar-refractivity contribution in [2.24, 2.45) is 0 Å². The Hall–Kier alpha value is -0.0900. The predicted molar refractivity (Wildman–Crippen MR) is 56.7 cm³/mol. The Bertz CT molecular complexity index is 224. The van der Waals surface area contributed by atoms with Crippen molar-refractivity contribution in [1.29, 1.82) is 0 Å². The average Bonchev–Trinajstić information content (AvgIpc) is 1.99. The molecule has 0 radical (unpaired) electrons. The molecule has 0 bridgehead atoms. The molecule has 3 nitrogen and oxygen atoms in total. The minimum atomic E-state index is -2.88. The fraction of sp³-hybridized carbons (Fsp3) is 1.00. The summed E-state index contributed by atoms with van der Waals surface area (Å²) in [4.78, 5) is 0. The van der Waals surface area contributed by atoms with Gasteiger partial charge in [-0.05, 0) is 20.3 Å². The Morgan fingerprint density at radius 2 is 1.85 bits per heavy atom. The maximum absolute atomic E-state index is 11.1. The lowest BCUT2D eigenvalue weighted by Crippen LogP contribution is -2.35. The molecule has 0 heterocycles. The molecule has 0 aromatic carbocycles. The third kappa shape index (κ3) is 6.05. The first kappa shape index (κ1) is 12.9.